The first kappa shape index (κ1) is 15.4. The Morgan fingerprint density at radius 1 is 1.20 bits per heavy atom. The molecule has 20 heavy (non-hydrogen) atoms. The average Bonchev–Trinajstić information content (AvgIpc) is 2.50. The fraction of sp³-hybridized carbons (Fsp3) is 0.588. The van der Waals surface area contributed by atoms with E-state index in [-0.39, 0.29) is 0 Å². The normalized spacial score (nSPS) is 16.1. The van der Waals surface area contributed by atoms with Crippen molar-refractivity contribution in [2.24, 2.45) is 0 Å². The number of rotatable bonds is 6. The largest absolute Gasteiger partial charge is 0.339 e. The fourth-order valence-corrected chi connectivity index (χ4v) is 3.81. The molecule has 1 amide bonds. The summed E-state index contributed by atoms with van der Waals surface area (Å²) in [5.74, 6) is 1.86. The number of nitrogens with zero attached hydrogens (tertiary/aromatic N) is 1. The van der Waals surface area contributed by atoms with E-state index in [2.05, 4.69) is 36.1 Å². The molecule has 1 aromatic rings. The number of hydrogen-bond donors (Lipinski definition) is 0. The Morgan fingerprint density at radius 2 is 1.90 bits per heavy atom. The maximum absolute atomic E-state index is 12.4. The second-order valence-corrected chi connectivity index (χ2v) is 6.44. The summed E-state index contributed by atoms with van der Waals surface area (Å²) >= 11 is 1.73. The SMILES string of the molecule is CCN(C(=O)CSCc1ccccc1)C1CCCCC1. The summed E-state index contributed by atoms with van der Waals surface area (Å²) in [4.78, 5) is 14.5. The molecule has 2 rings (SSSR count). The van der Waals surface area contributed by atoms with Crippen LogP contribution in [0.2, 0.25) is 0 Å². The number of hydrogen-bond acceptors (Lipinski definition) is 2. The second kappa shape index (κ2) is 8.35. The summed E-state index contributed by atoms with van der Waals surface area (Å²) in [6.45, 7) is 2.96. The minimum atomic E-state index is 0.320. The van der Waals surface area contributed by atoms with Crippen LogP contribution in [-0.4, -0.2) is 29.1 Å². The van der Waals surface area contributed by atoms with Crippen molar-refractivity contribution in [2.45, 2.75) is 50.8 Å². The molecule has 0 saturated heterocycles. The Labute approximate surface area is 126 Å². The Morgan fingerprint density at radius 3 is 2.55 bits per heavy atom. The van der Waals surface area contributed by atoms with Crippen LogP contribution in [0.1, 0.15) is 44.6 Å². The highest BCUT2D eigenvalue weighted by Crippen LogP contribution is 2.23. The summed E-state index contributed by atoms with van der Waals surface area (Å²) in [6.07, 6.45) is 6.30. The van der Waals surface area contributed by atoms with Gasteiger partial charge in [0.2, 0.25) is 5.91 Å². The van der Waals surface area contributed by atoms with Crippen molar-refractivity contribution in [3.05, 3.63) is 35.9 Å². The van der Waals surface area contributed by atoms with E-state index in [0.717, 1.165) is 12.3 Å². The highest BCUT2D eigenvalue weighted by atomic mass is 32.2. The number of thioether (sulfide) groups is 1. The first-order valence-corrected chi connectivity index (χ1v) is 8.88. The molecule has 110 valence electrons. The quantitative estimate of drug-likeness (QED) is 0.786. The van der Waals surface area contributed by atoms with Gasteiger partial charge in [-0.2, -0.15) is 0 Å². The van der Waals surface area contributed by atoms with Gasteiger partial charge in [-0.3, -0.25) is 4.79 Å². The molecule has 1 fully saturated rings. The van der Waals surface area contributed by atoms with Gasteiger partial charge in [-0.1, -0.05) is 49.6 Å². The standard InChI is InChI=1S/C17H25NOS/c1-2-18(16-11-7-4-8-12-16)17(19)14-20-13-15-9-5-3-6-10-15/h3,5-6,9-10,16H,2,4,7-8,11-14H2,1H3. The van der Waals surface area contributed by atoms with Crippen molar-refractivity contribution in [3.63, 3.8) is 0 Å². The minimum Gasteiger partial charge on any atom is -0.339 e. The number of amides is 1. The molecule has 0 N–H and O–H groups in total. The van der Waals surface area contributed by atoms with E-state index in [1.54, 1.807) is 11.8 Å². The molecule has 0 atom stereocenters. The predicted octanol–water partition coefficient (Wildman–Crippen LogP) is 4.10. The van der Waals surface area contributed by atoms with Crippen molar-refractivity contribution in [3.8, 4) is 0 Å². The molecule has 0 heterocycles. The molecule has 0 bridgehead atoms. The summed E-state index contributed by atoms with van der Waals surface area (Å²) in [7, 11) is 0. The van der Waals surface area contributed by atoms with Crippen LogP contribution in [0, 0.1) is 0 Å². The summed E-state index contributed by atoms with van der Waals surface area (Å²) in [5.41, 5.74) is 1.30. The molecule has 2 nitrogen and oxygen atoms in total. The molecule has 0 aromatic heterocycles. The molecule has 0 spiro atoms. The molecule has 0 radical (unpaired) electrons. The van der Waals surface area contributed by atoms with E-state index >= 15 is 0 Å². The van der Waals surface area contributed by atoms with Gasteiger partial charge in [-0.15, -0.1) is 11.8 Å². The van der Waals surface area contributed by atoms with E-state index in [4.69, 9.17) is 0 Å². The van der Waals surface area contributed by atoms with Crippen molar-refractivity contribution in [1.82, 2.24) is 4.90 Å². The van der Waals surface area contributed by atoms with E-state index in [0.29, 0.717) is 17.7 Å². The third kappa shape index (κ3) is 4.55. The van der Waals surface area contributed by atoms with Crippen LogP contribution in [0.5, 0.6) is 0 Å². The van der Waals surface area contributed by atoms with Crippen LogP contribution in [0.4, 0.5) is 0 Å². The maximum Gasteiger partial charge on any atom is 0.232 e. The molecule has 0 aliphatic heterocycles. The van der Waals surface area contributed by atoms with E-state index < -0.39 is 0 Å². The third-order valence-electron chi connectivity index (χ3n) is 4.01. The van der Waals surface area contributed by atoms with Crippen LogP contribution in [-0.2, 0) is 10.5 Å². The number of benzene rings is 1. The van der Waals surface area contributed by atoms with Crippen LogP contribution in [0.25, 0.3) is 0 Å². The van der Waals surface area contributed by atoms with Gasteiger partial charge in [0, 0.05) is 18.3 Å². The lowest BCUT2D eigenvalue weighted by molar-refractivity contribution is -0.131. The van der Waals surface area contributed by atoms with Gasteiger partial charge in [0.1, 0.15) is 0 Å². The molecule has 3 heteroatoms. The van der Waals surface area contributed by atoms with Gasteiger partial charge in [-0.05, 0) is 25.3 Å². The second-order valence-electron chi connectivity index (χ2n) is 5.45. The van der Waals surface area contributed by atoms with Gasteiger partial charge in [-0.25, -0.2) is 0 Å². The van der Waals surface area contributed by atoms with E-state index in [9.17, 15) is 4.79 Å². The molecule has 1 aromatic carbocycles. The fourth-order valence-electron chi connectivity index (χ4n) is 2.94. The zero-order valence-electron chi connectivity index (χ0n) is 12.4. The van der Waals surface area contributed by atoms with Crippen molar-refractivity contribution in [1.29, 1.82) is 0 Å². The predicted molar refractivity (Wildman–Crippen MR) is 86.9 cm³/mol. The lowest BCUT2D eigenvalue weighted by Gasteiger charge is -2.33. The zero-order chi connectivity index (χ0) is 14.2. The average molecular weight is 291 g/mol. The molecule has 0 unspecified atom stereocenters. The molecule has 1 saturated carbocycles. The molecule has 1 aliphatic carbocycles. The molecule has 1 aliphatic rings. The molecular formula is C17H25NOS. The van der Waals surface area contributed by atoms with Crippen molar-refractivity contribution >= 4 is 17.7 Å². The lowest BCUT2D eigenvalue weighted by Crippen LogP contribution is -2.42. The summed E-state index contributed by atoms with van der Waals surface area (Å²) in [6, 6.07) is 10.9. The van der Waals surface area contributed by atoms with Gasteiger partial charge in [0.05, 0.1) is 5.75 Å². The smallest absolute Gasteiger partial charge is 0.232 e. The first-order valence-electron chi connectivity index (χ1n) is 7.72. The Hall–Kier alpha value is -0.960. The van der Waals surface area contributed by atoms with Crippen LogP contribution >= 0.6 is 11.8 Å². The Balaban J connectivity index is 1.77. The summed E-state index contributed by atoms with van der Waals surface area (Å²) in [5, 5.41) is 0. The van der Waals surface area contributed by atoms with Crippen LogP contribution in [0.3, 0.4) is 0 Å². The summed E-state index contributed by atoms with van der Waals surface area (Å²) < 4.78 is 0. The van der Waals surface area contributed by atoms with Crippen LogP contribution < -0.4 is 0 Å². The Bertz CT molecular complexity index is 401. The van der Waals surface area contributed by atoms with Gasteiger partial charge >= 0.3 is 0 Å². The number of carbonyl (C=O) groups excluding carboxylic acids is 1. The lowest BCUT2D eigenvalue weighted by atomic mass is 9.94. The highest BCUT2D eigenvalue weighted by molar-refractivity contribution is 7.99. The van der Waals surface area contributed by atoms with Gasteiger partial charge < -0.3 is 4.90 Å². The third-order valence-corrected chi connectivity index (χ3v) is 5.00. The topological polar surface area (TPSA) is 20.3 Å². The number of carbonyl (C=O) groups is 1. The molecular weight excluding hydrogens is 266 g/mol. The maximum atomic E-state index is 12.4. The highest BCUT2D eigenvalue weighted by Gasteiger charge is 2.23. The van der Waals surface area contributed by atoms with E-state index in [1.807, 2.05) is 6.07 Å². The van der Waals surface area contributed by atoms with Gasteiger partial charge in [0.15, 0.2) is 0 Å². The van der Waals surface area contributed by atoms with Crippen molar-refractivity contribution in [2.75, 3.05) is 12.3 Å². The van der Waals surface area contributed by atoms with Gasteiger partial charge in [0.25, 0.3) is 0 Å². The van der Waals surface area contributed by atoms with Crippen LogP contribution in [0.15, 0.2) is 30.3 Å². The monoisotopic (exact) mass is 291 g/mol. The van der Waals surface area contributed by atoms with Crippen molar-refractivity contribution < 1.29 is 4.79 Å². The van der Waals surface area contributed by atoms with E-state index in [1.165, 1.54) is 37.7 Å². The minimum absolute atomic E-state index is 0.320. The Kier molecular flexibility index (Phi) is 6.44. The zero-order valence-corrected chi connectivity index (χ0v) is 13.2. The first-order chi connectivity index (χ1) is 9.81.